The predicted molar refractivity (Wildman–Crippen MR) is 44.3 cm³/mol. The molecular weight excluding hydrogens is 136 g/mol. The summed E-state index contributed by atoms with van der Waals surface area (Å²) in [5, 5.41) is 8.06. The van der Waals surface area contributed by atoms with Gasteiger partial charge in [0.15, 0.2) is 0 Å². The second-order valence-corrected chi connectivity index (χ2v) is 2.79. The average Bonchev–Trinajstić information content (AvgIpc) is 2.06. The Balaban J connectivity index is 2.60. The molecule has 0 saturated carbocycles. The number of azo groups is 1. The van der Waals surface area contributed by atoms with E-state index in [1.165, 1.54) is 11.1 Å². The number of fused-ring (bicyclic) bond motifs is 1. The van der Waals surface area contributed by atoms with Gasteiger partial charge in [-0.2, -0.15) is 10.2 Å². The van der Waals surface area contributed by atoms with Crippen LogP contribution < -0.4 is 0 Å². The summed E-state index contributed by atoms with van der Waals surface area (Å²) in [6, 6.07) is 6.17. The summed E-state index contributed by atoms with van der Waals surface area (Å²) in [5.74, 6) is 0. The van der Waals surface area contributed by atoms with Crippen LogP contribution in [-0.2, 0) is 6.42 Å². The van der Waals surface area contributed by atoms with Crippen LogP contribution in [0, 0.1) is 6.92 Å². The van der Waals surface area contributed by atoms with Crippen molar-refractivity contribution in [3.63, 3.8) is 0 Å². The molecule has 2 rings (SSSR count). The van der Waals surface area contributed by atoms with Gasteiger partial charge in [-0.25, -0.2) is 0 Å². The second-order valence-electron chi connectivity index (χ2n) is 2.79. The molecule has 0 N–H and O–H groups in total. The highest BCUT2D eigenvalue weighted by Gasteiger charge is 2.07. The maximum absolute atomic E-state index is 4.08. The molecule has 0 aliphatic carbocycles. The molecular formula is C9H10N2. The molecule has 56 valence electrons. The lowest BCUT2D eigenvalue weighted by atomic mass is 10.0. The van der Waals surface area contributed by atoms with Crippen LogP contribution in [0.25, 0.3) is 0 Å². The minimum atomic E-state index is 0.845. The quantitative estimate of drug-likeness (QED) is 0.537. The average molecular weight is 146 g/mol. The van der Waals surface area contributed by atoms with E-state index in [1.807, 2.05) is 12.1 Å². The fourth-order valence-corrected chi connectivity index (χ4v) is 1.39. The van der Waals surface area contributed by atoms with Crippen LogP contribution >= 0.6 is 0 Å². The van der Waals surface area contributed by atoms with Crippen molar-refractivity contribution in [2.45, 2.75) is 13.3 Å². The van der Waals surface area contributed by atoms with Gasteiger partial charge in [0.1, 0.15) is 0 Å². The highest BCUT2D eigenvalue weighted by atomic mass is 15.1. The summed E-state index contributed by atoms with van der Waals surface area (Å²) in [5.41, 5.74) is 3.75. The van der Waals surface area contributed by atoms with Crippen molar-refractivity contribution in [3.05, 3.63) is 29.3 Å². The minimum Gasteiger partial charge on any atom is -0.188 e. The van der Waals surface area contributed by atoms with Crippen molar-refractivity contribution < 1.29 is 0 Å². The number of rotatable bonds is 0. The van der Waals surface area contributed by atoms with E-state index in [0.717, 1.165) is 18.7 Å². The Labute approximate surface area is 66.0 Å². The van der Waals surface area contributed by atoms with Gasteiger partial charge in [-0.3, -0.25) is 0 Å². The summed E-state index contributed by atoms with van der Waals surface area (Å²) >= 11 is 0. The Morgan fingerprint density at radius 3 is 3.09 bits per heavy atom. The molecule has 11 heavy (non-hydrogen) atoms. The van der Waals surface area contributed by atoms with E-state index in [4.69, 9.17) is 0 Å². The lowest BCUT2D eigenvalue weighted by molar-refractivity contribution is 0.856. The monoisotopic (exact) mass is 146 g/mol. The van der Waals surface area contributed by atoms with E-state index in [9.17, 15) is 0 Å². The minimum absolute atomic E-state index is 0.845. The number of nitrogens with zero attached hydrogens (tertiary/aromatic N) is 2. The van der Waals surface area contributed by atoms with Crippen LogP contribution in [0.1, 0.15) is 11.1 Å². The first kappa shape index (κ1) is 6.53. The zero-order chi connectivity index (χ0) is 7.68. The van der Waals surface area contributed by atoms with E-state index in [1.54, 1.807) is 0 Å². The lowest BCUT2D eigenvalue weighted by Gasteiger charge is -2.10. The number of hydrogen-bond donors (Lipinski definition) is 0. The van der Waals surface area contributed by atoms with Crippen LogP contribution in [0.5, 0.6) is 0 Å². The van der Waals surface area contributed by atoms with Crippen LogP contribution in [0.15, 0.2) is 28.4 Å². The van der Waals surface area contributed by atoms with Gasteiger partial charge in [0, 0.05) is 0 Å². The molecule has 0 atom stereocenters. The zero-order valence-electron chi connectivity index (χ0n) is 6.54. The summed E-state index contributed by atoms with van der Waals surface area (Å²) in [6.07, 6.45) is 1.05. The van der Waals surface area contributed by atoms with Crippen molar-refractivity contribution >= 4 is 5.69 Å². The van der Waals surface area contributed by atoms with Crippen molar-refractivity contribution in [1.29, 1.82) is 0 Å². The van der Waals surface area contributed by atoms with Crippen molar-refractivity contribution in [2.75, 3.05) is 6.54 Å². The van der Waals surface area contributed by atoms with Crippen molar-refractivity contribution in [2.24, 2.45) is 10.2 Å². The SMILES string of the molecule is Cc1cccc2c1CCN=N2. The third kappa shape index (κ3) is 1.04. The molecule has 0 spiro atoms. The van der Waals surface area contributed by atoms with Crippen LogP contribution in [0.4, 0.5) is 5.69 Å². The van der Waals surface area contributed by atoms with Gasteiger partial charge in [0.05, 0.1) is 12.2 Å². The van der Waals surface area contributed by atoms with Gasteiger partial charge in [0.25, 0.3) is 0 Å². The first-order valence-electron chi connectivity index (χ1n) is 3.84. The normalized spacial score (nSPS) is 14.6. The highest BCUT2D eigenvalue weighted by molar-refractivity contribution is 5.50. The Bertz CT molecular complexity index is 302. The Kier molecular flexibility index (Phi) is 1.46. The standard InChI is InChI=1S/C9H10N2/c1-7-3-2-4-9-8(7)5-6-10-11-9/h2-4H,5-6H2,1H3. The lowest BCUT2D eigenvalue weighted by Crippen LogP contribution is -1.96. The zero-order valence-corrected chi connectivity index (χ0v) is 6.54. The molecule has 1 aliphatic rings. The number of benzene rings is 1. The van der Waals surface area contributed by atoms with E-state index in [-0.39, 0.29) is 0 Å². The van der Waals surface area contributed by atoms with Gasteiger partial charge in [0.2, 0.25) is 0 Å². The van der Waals surface area contributed by atoms with Gasteiger partial charge in [-0.05, 0) is 30.5 Å². The molecule has 0 fully saturated rings. The molecule has 2 heteroatoms. The molecule has 1 heterocycles. The first-order valence-corrected chi connectivity index (χ1v) is 3.84. The summed E-state index contributed by atoms with van der Waals surface area (Å²) in [4.78, 5) is 0. The molecule has 1 aliphatic heterocycles. The van der Waals surface area contributed by atoms with Crippen molar-refractivity contribution in [1.82, 2.24) is 0 Å². The largest absolute Gasteiger partial charge is 0.188 e. The molecule has 0 saturated heterocycles. The second kappa shape index (κ2) is 2.46. The summed E-state index contributed by atoms with van der Waals surface area (Å²) in [7, 11) is 0. The van der Waals surface area contributed by atoms with Crippen LogP contribution in [0.3, 0.4) is 0 Å². The molecule has 0 aromatic heterocycles. The van der Waals surface area contributed by atoms with E-state index in [0.29, 0.717) is 0 Å². The first-order chi connectivity index (χ1) is 5.38. The smallest absolute Gasteiger partial charge is 0.0887 e. The molecule has 0 amide bonds. The molecule has 0 unspecified atom stereocenters. The molecule has 1 aromatic rings. The summed E-state index contributed by atoms with van der Waals surface area (Å²) < 4.78 is 0. The third-order valence-electron chi connectivity index (χ3n) is 2.03. The van der Waals surface area contributed by atoms with Gasteiger partial charge in [-0.1, -0.05) is 12.1 Å². The number of hydrogen-bond acceptors (Lipinski definition) is 2. The fourth-order valence-electron chi connectivity index (χ4n) is 1.39. The number of aryl methyl sites for hydroxylation is 1. The maximum Gasteiger partial charge on any atom is 0.0887 e. The predicted octanol–water partition coefficient (Wildman–Crippen LogP) is 2.63. The van der Waals surface area contributed by atoms with Crippen molar-refractivity contribution in [3.8, 4) is 0 Å². The highest BCUT2D eigenvalue weighted by Crippen LogP contribution is 2.26. The molecule has 1 aromatic carbocycles. The molecule has 0 radical (unpaired) electrons. The molecule has 0 bridgehead atoms. The fraction of sp³-hybridized carbons (Fsp3) is 0.333. The Morgan fingerprint density at radius 2 is 2.27 bits per heavy atom. The maximum atomic E-state index is 4.08. The van der Waals surface area contributed by atoms with Gasteiger partial charge in [-0.15, -0.1) is 0 Å². The molecule has 2 nitrogen and oxygen atoms in total. The van der Waals surface area contributed by atoms with Crippen LogP contribution in [-0.4, -0.2) is 6.54 Å². The Morgan fingerprint density at radius 1 is 1.36 bits per heavy atom. The van der Waals surface area contributed by atoms with Gasteiger partial charge >= 0.3 is 0 Å². The van der Waals surface area contributed by atoms with Gasteiger partial charge < -0.3 is 0 Å². The summed E-state index contributed by atoms with van der Waals surface area (Å²) in [6.45, 7) is 2.97. The van der Waals surface area contributed by atoms with E-state index >= 15 is 0 Å². The topological polar surface area (TPSA) is 24.7 Å². The van der Waals surface area contributed by atoms with Crippen LogP contribution in [0.2, 0.25) is 0 Å². The van der Waals surface area contributed by atoms with E-state index in [2.05, 4.69) is 23.2 Å². The third-order valence-corrected chi connectivity index (χ3v) is 2.03. The van der Waals surface area contributed by atoms with E-state index < -0.39 is 0 Å². The Hall–Kier alpha value is -1.18.